The molecule has 0 amide bonds. The minimum absolute atomic E-state index is 0.00329. The highest BCUT2D eigenvalue weighted by molar-refractivity contribution is 7.92. The molecule has 2 rings (SSSR count). The predicted octanol–water partition coefficient (Wildman–Crippen LogP) is 2.53. The zero-order valence-electron chi connectivity index (χ0n) is 10.8. The Kier molecular flexibility index (Phi) is 3.90. The molecule has 6 heteroatoms. The van der Waals surface area contributed by atoms with E-state index in [1.807, 2.05) is 37.3 Å². The van der Waals surface area contributed by atoms with Gasteiger partial charge >= 0.3 is 0 Å². The molecule has 1 aromatic heterocycles. The maximum Gasteiger partial charge on any atom is 0.234 e. The summed E-state index contributed by atoms with van der Waals surface area (Å²) in [5, 5.41) is 3.62. The van der Waals surface area contributed by atoms with Gasteiger partial charge in [0.15, 0.2) is 5.82 Å². The molecule has 5 nitrogen and oxygen atoms in total. The van der Waals surface area contributed by atoms with Gasteiger partial charge in [-0.2, -0.15) is 0 Å². The fourth-order valence-corrected chi connectivity index (χ4v) is 3.21. The number of nitrogens with one attached hydrogen (secondary N) is 1. The molecule has 1 heterocycles. The monoisotopic (exact) mass is 280 g/mol. The molecular weight excluding hydrogens is 264 g/mol. The lowest BCUT2D eigenvalue weighted by atomic mass is 10.0. The molecule has 0 saturated heterocycles. The molecule has 19 heavy (non-hydrogen) atoms. The molecule has 0 radical (unpaired) electrons. The van der Waals surface area contributed by atoms with Crippen LogP contribution in [0.25, 0.3) is 0 Å². The molecule has 0 aliphatic rings. The molecule has 0 saturated carbocycles. The summed E-state index contributed by atoms with van der Waals surface area (Å²) >= 11 is 0. The fraction of sp³-hybridized carbons (Fsp3) is 0.308. The topological polar surface area (TPSA) is 72.2 Å². The normalized spacial score (nSPS) is 13.2. The highest BCUT2D eigenvalue weighted by Crippen LogP contribution is 2.19. The first-order valence-corrected chi connectivity index (χ1v) is 7.59. The van der Waals surface area contributed by atoms with Crippen LogP contribution in [-0.2, 0) is 10.0 Å². The van der Waals surface area contributed by atoms with Gasteiger partial charge in [-0.05, 0) is 18.4 Å². The van der Waals surface area contributed by atoms with Crippen molar-refractivity contribution < 1.29 is 12.9 Å². The Morgan fingerprint density at radius 3 is 2.58 bits per heavy atom. The minimum Gasteiger partial charge on any atom is -0.362 e. The number of nitrogens with zero attached hydrogens (tertiary/aromatic N) is 1. The number of aromatic nitrogens is 1. The smallest absolute Gasteiger partial charge is 0.234 e. The van der Waals surface area contributed by atoms with Crippen molar-refractivity contribution in [1.82, 2.24) is 5.16 Å². The average Bonchev–Trinajstić information content (AvgIpc) is 2.75. The van der Waals surface area contributed by atoms with Crippen LogP contribution in [-0.4, -0.2) is 19.3 Å². The Morgan fingerprint density at radius 2 is 2.00 bits per heavy atom. The van der Waals surface area contributed by atoms with Crippen molar-refractivity contribution in [3.05, 3.63) is 47.7 Å². The predicted molar refractivity (Wildman–Crippen MR) is 73.5 cm³/mol. The van der Waals surface area contributed by atoms with Crippen LogP contribution in [0.4, 0.5) is 5.82 Å². The highest BCUT2D eigenvalue weighted by atomic mass is 32.2. The Labute approximate surface area is 112 Å². The van der Waals surface area contributed by atoms with Crippen LogP contribution in [0.1, 0.15) is 24.0 Å². The van der Waals surface area contributed by atoms with E-state index in [0.717, 1.165) is 5.56 Å². The zero-order chi connectivity index (χ0) is 13.9. The van der Waals surface area contributed by atoms with Crippen LogP contribution in [0.3, 0.4) is 0 Å². The Balaban J connectivity index is 2.08. The van der Waals surface area contributed by atoms with Gasteiger partial charge < -0.3 is 4.52 Å². The molecule has 1 atom stereocenters. The van der Waals surface area contributed by atoms with E-state index in [-0.39, 0.29) is 17.5 Å². The van der Waals surface area contributed by atoms with Crippen LogP contribution in [0.2, 0.25) is 0 Å². The largest absolute Gasteiger partial charge is 0.362 e. The summed E-state index contributed by atoms with van der Waals surface area (Å²) < 4.78 is 31.2. The van der Waals surface area contributed by atoms with E-state index in [4.69, 9.17) is 4.52 Å². The molecule has 0 spiro atoms. The van der Waals surface area contributed by atoms with E-state index in [0.29, 0.717) is 5.56 Å². The van der Waals surface area contributed by atoms with Crippen LogP contribution < -0.4 is 4.72 Å². The molecular formula is C13H16N2O3S. The van der Waals surface area contributed by atoms with Gasteiger partial charge in [-0.3, -0.25) is 4.72 Å². The maximum atomic E-state index is 12.0. The molecule has 1 N–H and O–H groups in total. The van der Waals surface area contributed by atoms with Gasteiger partial charge in [0.25, 0.3) is 0 Å². The lowest BCUT2D eigenvalue weighted by Gasteiger charge is -2.12. The standard InChI is InChI=1S/C13H16N2O3S/c1-10-8-18-14-13(10)15-19(16,17)9-11(2)12-6-4-3-5-7-12/h3-8,11H,9H2,1-2H3,(H,14,15). The SMILES string of the molecule is Cc1conc1NS(=O)(=O)CC(C)c1ccccc1. The zero-order valence-corrected chi connectivity index (χ0v) is 11.6. The van der Waals surface area contributed by atoms with Crippen LogP contribution in [0, 0.1) is 6.92 Å². The minimum atomic E-state index is -3.45. The second-order valence-corrected chi connectivity index (χ2v) is 6.31. The van der Waals surface area contributed by atoms with Crippen LogP contribution in [0.15, 0.2) is 41.1 Å². The van der Waals surface area contributed by atoms with E-state index in [2.05, 4.69) is 9.88 Å². The molecule has 1 aromatic carbocycles. The molecule has 0 fully saturated rings. The summed E-state index contributed by atoms with van der Waals surface area (Å²) in [6.45, 7) is 3.61. The van der Waals surface area contributed by atoms with E-state index in [1.165, 1.54) is 6.26 Å². The van der Waals surface area contributed by atoms with Crippen molar-refractivity contribution in [2.45, 2.75) is 19.8 Å². The molecule has 2 aromatic rings. The van der Waals surface area contributed by atoms with Gasteiger partial charge in [0, 0.05) is 5.56 Å². The van der Waals surface area contributed by atoms with Crippen molar-refractivity contribution >= 4 is 15.8 Å². The number of rotatable bonds is 5. The first-order chi connectivity index (χ1) is 8.98. The Bertz CT molecular complexity index is 635. The summed E-state index contributed by atoms with van der Waals surface area (Å²) in [5.41, 5.74) is 1.65. The van der Waals surface area contributed by atoms with Gasteiger partial charge in [0.1, 0.15) is 6.26 Å². The first kappa shape index (κ1) is 13.6. The first-order valence-electron chi connectivity index (χ1n) is 5.94. The van der Waals surface area contributed by atoms with E-state index >= 15 is 0 Å². The van der Waals surface area contributed by atoms with Crippen molar-refractivity contribution in [2.75, 3.05) is 10.5 Å². The number of hydrogen-bond acceptors (Lipinski definition) is 4. The summed E-state index contributed by atoms with van der Waals surface area (Å²) in [7, 11) is -3.45. The molecule has 0 aliphatic carbocycles. The number of sulfonamides is 1. The van der Waals surface area contributed by atoms with Crippen molar-refractivity contribution in [3.8, 4) is 0 Å². The second kappa shape index (κ2) is 5.44. The number of benzene rings is 1. The summed E-state index contributed by atoms with van der Waals surface area (Å²) in [6, 6.07) is 9.53. The summed E-state index contributed by atoms with van der Waals surface area (Å²) in [4.78, 5) is 0. The molecule has 0 bridgehead atoms. The maximum absolute atomic E-state index is 12.0. The highest BCUT2D eigenvalue weighted by Gasteiger charge is 2.19. The van der Waals surface area contributed by atoms with E-state index < -0.39 is 10.0 Å². The van der Waals surface area contributed by atoms with E-state index in [1.54, 1.807) is 6.92 Å². The molecule has 0 aliphatic heterocycles. The number of hydrogen-bond donors (Lipinski definition) is 1. The van der Waals surface area contributed by atoms with Crippen molar-refractivity contribution in [1.29, 1.82) is 0 Å². The molecule has 1 unspecified atom stereocenters. The van der Waals surface area contributed by atoms with Crippen LogP contribution >= 0.6 is 0 Å². The third-order valence-electron chi connectivity index (χ3n) is 2.84. The Hall–Kier alpha value is -1.82. The van der Waals surface area contributed by atoms with Gasteiger partial charge in [0.05, 0.1) is 5.75 Å². The van der Waals surface area contributed by atoms with Crippen molar-refractivity contribution in [3.63, 3.8) is 0 Å². The van der Waals surface area contributed by atoms with Gasteiger partial charge in [-0.1, -0.05) is 42.4 Å². The Morgan fingerprint density at radius 1 is 1.32 bits per heavy atom. The van der Waals surface area contributed by atoms with Gasteiger partial charge in [-0.15, -0.1) is 0 Å². The number of aryl methyl sites for hydroxylation is 1. The lowest BCUT2D eigenvalue weighted by Crippen LogP contribution is -2.21. The van der Waals surface area contributed by atoms with Crippen LogP contribution in [0.5, 0.6) is 0 Å². The lowest BCUT2D eigenvalue weighted by molar-refractivity contribution is 0.422. The van der Waals surface area contributed by atoms with Gasteiger partial charge in [-0.25, -0.2) is 8.42 Å². The second-order valence-electron chi connectivity index (χ2n) is 4.54. The average molecular weight is 280 g/mol. The fourth-order valence-electron chi connectivity index (χ4n) is 1.78. The van der Waals surface area contributed by atoms with Gasteiger partial charge in [0.2, 0.25) is 10.0 Å². The summed E-state index contributed by atoms with van der Waals surface area (Å²) in [5.74, 6) is 0.162. The summed E-state index contributed by atoms with van der Waals surface area (Å²) in [6.07, 6.45) is 1.40. The van der Waals surface area contributed by atoms with Crippen molar-refractivity contribution in [2.24, 2.45) is 0 Å². The quantitative estimate of drug-likeness (QED) is 0.913. The third-order valence-corrected chi connectivity index (χ3v) is 4.28. The molecule has 102 valence electrons. The number of anilines is 1. The third kappa shape index (κ3) is 3.57. The van der Waals surface area contributed by atoms with E-state index in [9.17, 15) is 8.42 Å².